The molecule has 23 heavy (non-hydrogen) atoms. The molecule has 1 aliphatic rings. The highest BCUT2D eigenvalue weighted by atomic mass is 35.5. The first-order valence-corrected chi connectivity index (χ1v) is 7.92. The van der Waals surface area contributed by atoms with E-state index in [0.717, 1.165) is 5.56 Å². The van der Waals surface area contributed by atoms with Crippen LogP contribution in [0.1, 0.15) is 11.1 Å². The van der Waals surface area contributed by atoms with Crippen LogP contribution in [0.4, 0.5) is 0 Å². The van der Waals surface area contributed by atoms with Gasteiger partial charge in [0.15, 0.2) is 11.5 Å². The molecule has 0 aliphatic carbocycles. The molecule has 1 heterocycles. The SMILES string of the molecule is COc1cc(Cl)cc(/C=C2/SC(c3ccccc3)=NC2=O)c1O. The Morgan fingerprint density at radius 1 is 1.26 bits per heavy atom. The third-order valence-electron chi connectivity index (χ3n) is 3.22. The number of ether oxygens (including phenoxy) is 1. The number of carbonyl (C=O) groups excluding carboxylic acids is 1. The summed E-state index contributed by atoms with van der Waals surface area (Å²) in [4.78, 5) is 16.6. The average molecular weight is 346 g/mol. The lowest BCUT2D eigenvalue weighted by atomic mass is 10.1. The molecule has 1 aliphatic heterocycles. The van der Waals surface area contributed by atoms with Gasteiger partial charge in [0.05, 0.1) is 12.0 Å². The van der Waals surface area contributed by atoms with Gasteiger partial charge in [0.1, 0.15) is 5.04 Å². The van der Waals surface area contributed by atoms with Gasteiger partial charge in [0.25, 0.3) is 5.91 Å². The van der Waals surface area contributed by atoms with Crippen LogP contribution in [0.15, 0.2) is 52.4 Å². The minimum absolute atomic E-state index is 0.0639. The lowest BCUT2D eigenvalue weighted by Gasteiger charge is -2.07. The van der Waals surface area contributed by atoms with Gasteiger partial charge in [0.2, 0.25) is 0 Å². The second kappa shape index (κ2) is 6.48. The maximum atomic E-state index is 12.1. The highest BCUT2D eigenvalue weighted by Crippen LogP contribution is 2.38. The molecule has 0 saturated carbocycles. The lowest BCUT2D eigenvalue weighted by Crippen LogP contribution is -1.90. The van der Waals surface area contributed by atoms with Crippen LogP contribution in [0.3, 0.4) is 0 Å². The molecule has 2 aromatic carbocycles. The molecule has 0 bridgehead atoms. The van der Waals surface area contributed by atoms with Gasteiger partial charge < -0.3 is 9.84 Å². The fourth-order valence-corrected chi connectivity index (χ4v) is 3.24. The molecule has 0 aromatic heterocycles. The normalized spacial score (nSPS) is 15.8. The minimum Gasteiger partial charge on any atom is -0.504 e. The third kappa shape index (κ3) is 3.25. The number of halogens is 1. The number of methoxy groups -OCH3 is 1. The first kappa shape index (κ1) is 15.6. The van der Waals surface area contributed by atoms with Gasteiger partial charge in [-0.15, -0.1) is 0 Å². The van der Waals surface area contributed by atoms with Gasteiger partial charge in [-0.3, -0.25) is 4.79 Å². The smallest absolute Gasteiger partial charge is 0.284 e. The van der Waals surface area contributed by atoms with Crippen LogP contribution in [-0.4, -0.2) is 23.2 Å². The molecule has 2 aromatic rings. The molecule has 1 N–H and O–H groups in total. The number of benzene rings is 2. The number of hydrogen-bond acceptors (Lipinski definition) is 4. The van der Waals surface area contributed by atoms with E-state index in [0.29, 0.717) is 20.5 Å². The number of hydrogen-bond donors (Lipinski definition) is 1. The summed E-state index contributed by atoms with van der Waals surface area (Å²) in [6.07, 6.45) is 1.57. The van der Waals surface area contributed by atoms with Crippen molar-refractivity contribution in [3.8, 4) is 11.5 Å². The summed E-state index contributed by atoms with van der Waals surface area (Å²) < 4.78 is 5.06. The maximum Gasteiger partial charge on any atom is 0.284 e. The molecule has 0 atom stereocenters. The fourth-order valence-electron chi connectivity index (χ4n) is 2.11. The van der Waals surface area contributed by atoms with Crippen molar-refractivity contribution in [2.45, 2.75) is 0 Å². The topological polar surface area (TPSA) is 58.9 Å². The molecular weight excluding hydrogens is 334 g/mol. The first-order chi connectivity index (χ1) is 11.1. The number of thioether (sulfide) groups is 1. The summed E-state index contributed by atoms with van der Waals surface area (Å²) in [5.41, 5.74) is 1.29. The second-order valence-electron chi connectivity index (χ2n) is 4.74. The van der Waals surface area contributed by atoms with Gasteiger partial charge in [-0.1, -0.05) is 53.7 Å². The Bertz CT molecular complexity index is 831. The van der Waals surface area contributed by atoms with Crippen LogP contribution in [0, 0.1) is 0 Å². The monoisotopic (exact) mass is 345 g/mol. The van der Waals surface area contributed by atoms with E-state index >= 15 is 0 Å². The van der Waals surface area contributed by atoms with Crippen molar-refractivity contribution >= 4 is 40.4 Å². The molecule has 0 fully saturated rings. The summed E-state index contributed by atoms with van der Waals surface area (Å²) in [5.74, 6) is -0.151. The lowest BCUT2D eigenvalue weighted by molar-refractivity contribution is -0.113. The van der Waals surface area contributed by atoms with Crippen LogP contribution in [0.5, 0.6) is 11.5 Å². The quantitative estimate of drug-likeness (QED) is 0.850. The molecule has 0 unspecified atom stereocenters. The highest BCUT2D eigenvalue weighted by Gasteiger charge is 2.23. The van der Waals surface area contributed by atoms with E-state index in [1.54, 1.807) is 12.1 Å². The van der Waals surface area contributed by atoms with Crippen LogP contribution < -0.4 is 4.74 Å². The summed E-state index contributed by atoms with van der Waals surface area (Å²) in [6, 6.07) is 12.5. The van der Waals surface area contributed by atoms with Gasteiger partial charge in [0, 0.05) is 22.2 Å². The predicted octanol–water partition coefficient (Wildman–Crippen LogP) is 4.12. The Balaban J connectivity index is 1.94. The Morgan fingerprint density at radius 2 is 2.00 bits per heavy atom. The van der Waals surface area contributed by atoms with Crippen LogP contribution >= 0.6 is 23.4 Å². The van der Waals surface area contributed by atoms with Crippen LogP contribution in [0.2, 0.25) is 5.02 Å². The standard InChI is InChI=1S/C17H12ClNO3S/c1-22-13-9-12(18)7-11(15(13)20)8-14-16(21)19-17(23-14)10-5-3-2-4-6-10/h2-9,20H,1H3/b14-8+. The summed E-state index contributed by atoms with van der Waals surface area (Å²) in [5, 5.41) is 11.2. The van der Waals surface area contributed by atoms with Gasteiger partial charge in [-0.25, -0.2) is 4.99 Å². The summed E-state index contributed by atoms with van der Waals surface area (Å²) in [6.45, 7) is 0. The van der Waals surface area contributed by atoms with E-state index in [1.807, 2.05) is 30.3 Å². The van der Waals surface area contributed by atoms with Gasteiger partial charge in [-0.05, 0) is 12.1 Å². The number of carbonyl (C=O) groups is 1. The van der Waals surface area contributed by atoms with Gasteiger partial charge in [-0.2, -0.15) is 0 Å². The largest absolute Gasteiger partial charge is 0.504 e. The van der Waals surface area contributed by atoms with Crippen molar-refractivity contribution in [1.29, 1.82) is 0 Å². The van der Waals surface area contributed by atoms with Crippen molar-refractivity contribution in [3.05, 3.63) is 63.5 Å². The molecule has 0 saturated heterocycles. The van der Waals surface area contributed by atoms with Crippen molar-refractivity contribution in [2.24, 2.45) is 4.99 Å². The fraction of sp³-hybridized carbons (Fsp3) is 0.0588. The Kier molecular flexibility index (Phi) is 4.41. The number of aliphatic imine (C=N–C) groups is 1. The number of nitrogens with zero attached hydrogens (tertiary/aromatic N) is 1. The molecule has 3 rings (SSSR count). The predicted molar refractivity (Wildman–Crippen MR) is 93.2 cm³/mol. The van der Waals surface area contributed by atoms with Crippen molar-refractivity contribution < 1.29 is 14.6 Å². The van der Waals surface area contributed by atoms with E-state index in [4.69, 9.17) is 16.3 Å². The van der Waals surface area contributed by atoms with E-state index in [1.165, 1.54) is 24.9 Å². The molecule has 0 spiro atoms. The Morgan fingerprint density at radius 3 is 2.70 bits per heavy atom. The zero-order valence-electron chi connectivity index (χ0n) is 12.1. The zero-order chi connectivity index (χ0) is 16.4. The number of amides is 1. The minimum atomic E-state index is -0.341. The number of rotatable bonds is 3. The second-order valence-corrected chi connectivity index (χ2v) is 6.21. The maximum absolute atomic E-state index is 12.1. The van der Waals surface area contributed by atoms with Crippen LogP contribution in [-0.2, 0) is 4.79 Å². The van der Waals surface area contributed by atoms with E-state index < -0.39 is 0 Å². The summed E-state index contributed by atoms with van der Waals surface area (Å²) in [7, 11) is 1.44. The summed E-state index contributed by atoms with van der Waals surface area (Å²) >= 11 is 7.27. The van der Waals surface area contributed by atoms with Crippen molar-refractivity contribution in [1.82, 2.24) is 0 Å². The Labute approximate surface area is 142 Å². The Hall–Kier alpha value is -2.24. The van der Waals surface area contributed by atoms with Gasteiger partial charge >= 0.3 is 0 Å². The van der Waals surface area contributed by atoms with Crippen molar-refractivity contribution in [3.63, 3.8) is 0 Å². The third-order valence-corrected chi connectivity index (χ3v) is 4.47. The van der Waals surface area contributed by atoms with Crippen molar-refractivity contribution in [2.75, 3.05) is 7.11 Å². The molecule has 116 valence electrons. The number of phenols is 1. The molecule has 0 radical (unpaired) electrons. The van der Waals surface area contributed by atoms with Crippen LogP contribution in [0.25, 0.3) is 6.08 Å². The van der Waals surface area contributed by atoms with E-state index in [2.05, 4.69) is 4.99 Å². The average Bonchev–Trinajstić information content (AvgIpc) is 2.92. The number of aromatic hydroxyl groups is 1. The highest BCUT2D eigenvalue weighted by molar-refractivity contribution is 8.19. The molecule has 4 nitrogen and oxygen atoms in total. The molecule has 6 heteroatoms. The number of phenolic OH excluding ortho intramolecular Hbond substituents is 1. The molecular formula is C17H12ClNO3S. The molecule has 1 amide bonds. The van der Waals surface area contributed by atoms with E-state index in [9.17, 15) is 9.90 Å². The first-order valence-electron chi connectivity index (χ1n) is 6.73. The van der Waals surface area contributed by atoms with E-state index in [-0.39, 0.29) is 17.4 Å². The zero-order valence-corrected chi connectivity index (χ0v) is 13.7.